The van der Waals surface area contributed by atoms with Gasteiger partial charge in [-0.25, -0.2) is 0 Å². The molecule has 1 radical (unpaired) electrons. The largest absolute Gasteiger partial charge is 0.396 e. The van der Waals surface area contributed by atoms with Gasteiger partial charge in [0.1, 0.15) is 0 Å². The summed E-state index contributed by atoms with van der Waals surface area (Å²) in [6, 6.07) is 0. The van der Waals surface area contributed by atoms with Gasteiger partial charge in [-0.05, 0) is 24.7 Å². The van der Waals surface area contributed by atoms with E-state index in [0.717, 1.165) is 24.7 Å². The standard InChI is InChI=1S/C12H23O/c1-2-3-5-11-6-4-7-12(10-11)8-9-13/h11-13H,1-10H2. The zero-order valence-electron chi connectivity index (χ0n) is 8.67. The monoisotopic (exact) mass is 183 g/mol. The second kappa shape index (κ2) is 6.42. The van der Waals surface area contributed by atoms with Gasteiger partial charge in [-0.3, -0.25) is 0 Å². The summed E-state index contributed by atoms with van der Waals surface area (Å²) in [6.45, 7) is 4.27. The Kier molecular flexibility index (Phi) is 5.45. The topological polar surface area (TPSA) is 20.2 Å². The number of unbranched alkanes of at least 4 members (excludes halogenated alkanes) is 1. The maximum atomic E-state index is 8.87. The van der Waals surface area contributed by atoms with Crippen LogP contribution in [0, 0.1) is 18.8 Å². The zero-order valence-corrected chi connectivity index (χ0v) is 8.67. The molecule has 1 N–H and O–H groups in total. The highest BCUT2D eigenvalue weighted by Gasteiger charge is 2.20. The van der Waals surface area contributed by atoms with E-state index in [9.17, 15) is 0 Å². The molecule has 0 bridgehead atoms. The maximum absolute atomic E-state index is 8.87. The van der Waals surface area contributed by atoms with Crippen LogP contribution in [0.2, 0.25) is 0 Å². The third-order valence-corrected chi connectivity index (χ3v) is 3.29. The van der Waals surface area contributed by atoms with Crippen LogP contribution in [0.25, 0.3) is 0 Å². The fourth-order valence-electron chi connectivity index (χ4n) is 2.54. The highest BCUT2D eigenvalue weighted by Crippen LogP contribution is 2.33. The van der Waals surface area contributed by atoms with Crippen LogP contribution in [-0.2, 0) is 0 Å². The van der Waals surface area contributed by atoms with Gasteiger partial charge < -0.3 is 5.11 Å². The van der Waals surface area contributed by atoms with Crippen molar-refractivity contribution in [3.63, 3.8) is 0 Å². The predicted molar refractivity (Wildman–Crippen MR) is 56.4 cm³/mol. The first-order valence-electron chi connectivity index (χ1n) is 5.77. The van der Waals surface area contributed by atoms with E-state index >= 15 is 0 Å². The molecule has 0 aromatic rings. The van der Waals surface area contributed by atoms with E-state index in [-0.39, 0.29) is 0 Å². The molecule has 77 valence electrons. The Morgan fingerprint density at radius 1 is 1.15 bits per heavy atom. The molecular formula is C12H23O. The van der Waals surface area contributed by atoms with Gasteiger partial charge in [0.05, 0.1) is 0 Å². The normalized spacial score (nSPS) is 29.1. The lowest BCUT2D eigenvalue weighted by Gasteiger charge is -2.28. The molecule has 0 aromatic heterocycles. The number of aliphatic hydroxyl groups excluding tert-OH is 1. The molecular weight excluding hydrogens is 160 g/mol. The molecule has 2 unspecified atom stereocenters. The van der Waals surface area contributed by atoms with Crippen LogP contribution in [0.5, 0.6) is 0 Å². The fraction of sp³-hybridized carbons (Fsp3) is 0.917. The van der Waals surface area contributed by atoms with Crippen molar-refractivity contribution in [2.45, 2.75) is 51.4 Å². The Bertz CT molecular complexity index is 120. The Hall–Kier alpha value is -0.0400. The van der Waals surface area contributed by atoms with Gasteiger partial charge >= 0.3 is 0 Å². The van der Waals surface area contributed by atoms with Crippen LogP contribution < -0.4 is 0 Å². The maximum Gasteiger partial charge on any atom is 0.0433 e. The van der Waals surface area contributed by atoms with Gasteiger partial charge in [0.15, 0.2) is 0 Å². The van der Waals surface area contributed by atoms with Crippen molar-refractivity contribution in [2.75, 3.05) is 6.61 Å². The molecule has 13 heavy (non-hydrogen) atoms. The summed E-state index contributed by atoms with van der Waals surface area (Å²) in [5.41, 5.74) is 0. The van der Waals surface area contributed by atoms with Crippen LogP contribution in [-0.4, -0.2) is 11.7 Å². The molecule has 0 amide bonds. The summed E-state index contributed by atoms with van der Waals surface area (Å²) in [5, 5.41) is 8.87. The molecule has 1 fully saturated rings. The minimum absolute atomic E-state index is 0.382. The second-order valence-corrected chi connectivity index (χ2v) is 4.41. The lowest BCUT2D eigenvalue weighted by Crippen LogP contribution is -2.16. The third-order valence-electron chi connectivity index (χ3n) is 3.29. The van der Waals surface area contributed by atoms with Gasteiger partial charge in [0.2, 0.25) is 0 Å². The summed E-state index contributed by atoms with van der Waals surface area (Å²) in [5.74, 6) is 1.75. The Labute approximate surface area is 82.5 Å². The molecule has 0 aliphatic heterocycles. The lowest BCUT2D eigenvalue weighted by atomic mass is 9.78. The third kappa shape index (κ3) is 4.12. The van der Waals surface area contributed by atoms with E-state index in [1.165, 1.54) is 38.5 Å². The minimum atomic E-state index is 0.382. The average molecular weight is 183 g/mol. The molecule has 0 aromatic carbocycles. The lowest BCUT2D eigenvalue weighted by molar-refractivity contribution is 0.194. The van der Waals surface area contributed by atoms with E-state index in [1.807, 2.05) is 0 Å². The van der Waals surface area contributed by atoms with Gasteiger partial charge in [0.25, 0.3) is 0 Å². The molecule has 0 heterocycles. The zero-order chi connectivity index (χ0) is 9.52. The summed E-state index contributed by atoms with van der Waals surface area (Å²) >= 11 is 0. The minimum Gasteiger partial charge on any atom is -0.396 e. The van der Waals surface area contributed by atoms with Crippen LogP contribution in [0.15, 0.2) is 0 Å². The molecule has 2 atom stereocenters. The summed E-state index contributed by atoms with van der Waals surface area (Å²) in [7, 11) is 0. The first-order chi connectivity index (χ1) is 6.36. The molecule has 0 spiro atoms. The number of hydrogen-bond acceptors (Lipinski definition) is 1. The van der Waals surface area contributed by atoms with Crippen molar-refractivity contribution >= 4 is 0 Å². The van der Waals surface area contributed by atoms with Crippen molar-refractivity contribution in [3.8, 4) is 0 Å². The Balaban J connectivity index is 2.16. The summed E-state index contributed by atoms with van der Waals surface area (Å²) in [6.07, 6.45) is 10.3. The average Bonchev–Trinajstić information content (AvgIpc) is 2.16. The van der Waals surface area contributed by atoms with Crippen molar-refractivity contribution in [2.24, 2.45) is 11.8 Å². The van der Waals surface area contributed by atoms with E-state index in [0.29, 0.717) is 6.61 Å². The number of rotatable bonds is 5. The van der Waals surface area contributed by atoms with E-state index in [4.69, 9.17) is 5.11 Å². The summed E-state index contributed by atoms with van der Waals surface area (Å²) in [4.78, 5) is 0. The quantitative estimate of drug-likeness (QED) is 0.694. The Morgan fingerprint density at radius 3 is 2.46 bits per heavy atom. The SMILES string of the molecule is [CH2]CCCC1CCCC(CCO)C1. The van der Waals surface area contributed by atoms with Crippen LogP contribution in [0.4, 0.5) is 0 Å². The predicted octanol–water partition coefficient (Wildman–Crippen LogP) is 3.18. The number of hydrogen-bond donors (Lipinski definition) is 1. The second-order valence-electron chi connectivity index (χ2n) is 4.41. The van der Waals surface area contributed by atoms with Gasteiger partial charge in [-0.1, -0.05) is 45.4 Å². The fourth-order valence-corrected chi connectivity index (χ4v) is 2.54. The molecule has 1 aliphatic rings. The van der Waals surface area contributed by atoms with Crippen LogP contribution >= 0.6 is 0 Å². The molecule has 1 nitrogen and oxygen atoms in total. The van der Waals surface area contributed by atoms with Crippen LogP contribution in [0.3, 0.4) is 0 Å². The van der Waals surface area contributed by atoms with Crippen molar-refractivity contribution in [1.29, 1.82) is 0 Å². The van der Waals surface area contributed by atoms with Crippen molar-refractivity contribution in [1.82, 2.24) is 0 Å². The van der Waals surface area contributed by atoms with E-state index < -0.39 is 0 Å². The van der Waals surface area contributed by atoms with Crippen molar-refractivity contribution in [3.05, 3.63) is 6.92 Å². The molecule has 1 rings (SSSR count). The highest BCUT2D eigenvalue weighted by molar-refractivity contribution is 4.73. The smallest absolute Gasteiger partial charge is 0.0433 e. The number of aliphatic hydroxyl groups is 1. The van der Waals surface area contributed by atoms with Gasteiger partial charge in [0, 0.05) is 6.61 Å². The molecule has 1 saturated carbocycles. The molecule has 1 heteroatoms. The first kappa shape index (κ1) is 11.0. The van der Waals surface area contributed by atoms with Crippen molar-refractivity contribution < 1.29 is 5.11 Å². The van der Waals surface area contributed by atoms with E-state index in [2.05, 4.69) is 6.92 Å². The molecule has 1 aliphatic carbocycles. The summed E-state index contributed by atoms with van der Waals surface area (Å²) < 4.78 is 0. The Morgan fingerprint density at radius 2 is 1.85 bits per heavy atom. The highest BCUT2D eigenvalue weighted by atomic mass is 16.3. The van der Waals surface area contributed by atoms with Gasteiger partial charge in [-0.15, -0.1) is 0 Å². The van der Waals surface area contributed by atoms with Gasteiger partial charge in [-0.2, -0.15) is 0 Å². The first-order valence-corrected chi connectivity index (χ1v) is 5.77. The molecule has 0 saturated heterocycles. The van der Waals surface area contributed by atoms with E-state index in [1.54, 1.807) is 0 Å². The van der Waals surface area contributed by atoms with Crippen LogP contribution in [0.1, 0.15) is 51.4 Å².